The molecule has 0 amide bonds. The summed E-state index contributed by atoms with van der Waals surface area (Å²) in [5.74, 6) is -0.619. The Morgan fingerprint density at radius 3 is 2.54 bits per heavy atom. The van der Waals surface area contributed by atoms with Gasteiger partial charge >= 0.3 is 5.97 Å². The second-order valence-corrected chi connectivity index (χ2v) is 6.43. The smallest absolute Gasteiger partial charge is 0.348 e. The number of anilines is 1. The molecule has 0 unspecified atom stereocenters. The lowest BCUT2D eigenvalue weighted by Crippen LogP contribution is -2.53. The quantitative estimate of drug-likeness (QED) is 0.857. The number of para-hydroxylation sites is 2. The van der Waals surface area contributed by atoms with Crippen LogP contribution in [-0.4, -0.2) is 41.9 Å². The summed E-state index contributed by atoms with van der Waals surface area (Å²) in [4.78, 5) is 17.7. The van der Waals surface area contributed by atoms with Crippen LogP contribution in [0.4, 0.5) is 10.2 Å². The Morgan fingerprint density at radius 2 is 1.96 bits per heavy atom. The molecule has 0 saturated carbocycles. The number of hydrogen-bond acceptors (Lipinski definition) is 5. The molecular weight excluding hydrogens is 363 g/mol. The van der Waals surface area contributed by atoms with Crippen molar-refractivity contribution in [2.45, 2.75) is 18.4 Å². The van der Waals surface area contributed by atoms with Crippen LogP contribution in [0, 0.1) is 5.82 Å². The van der Waals surface area contributed by atoms with Gasteiger partial charge in [-0.15, -0.1) is 0 Å². The van der Waals surface area contributed by atoms with E-state index >= 15 is 0 Å². The number of hydrogen-bond donors (Lipinski definition) is 1. The summed E-state index contributed by atoms with van der Waals surface area (Å²) < 4.78 is 25.2. The molecule has 8 heteroatoms. The van der Waals surface area contributed by atoms with Crippen molar-refractivity contribution in [1.82, 2.24) is 4.98 Å². The number of carboxylic acids is 1. The van der Waals surface area contributed by atoms with Crippen LogP contribution in [0.1, 0.15) is 12.8 Å². The first-order chi connectivity index (χ1) is 12.4. The zero-order chi connectivity index (χ0) is 18.7. The summed E-state index contributed by atoms with van der Waals surface area (Å²) in [5, 5.41) is 9.98. The number of aliphatic carboxylic acids is 1. The van der Waals surface area contributed by atoms with Crippen molar-refractivity contribution in [3.05, 3.63) is 47.4 Å². The maximum absolute atomic E-state index is 14.1. The number of carboxylic acid groups (broad SMARTS) is 1. The van der Waals surface area contributed by atoms with Gasteiger partial charge < -0.3 is 19.5 Å². The minimum absolute atomic E-state index is 0.158. The normalized spacial score (nSPS) is 16.2. The molecule has 1 N–H and O–H groups in total. The van der Waals surface area contributed by atoms with Crippen LogP contribution < -0.4 is 14.4 Å². The Hall–Kier alpha value is -2.54. The molecule has 2 aromatic rings. The van der Waals surface area contributed by atoms with Crippen LogP contribution >= 0.6 is 11.6 Å². The van der Waals surface area contributed by atoms with Crippen molar-refractivity contribution in [3.63, 3.8) is 0 Å². The SMILES string of the molecule is COc1ccccc1OC1(C(=O)O)CCN(c2ncc(Cl)cc2F)CC1. The molecule has 6 nitrogen and oxygen atoms in total. The van der Waals surface area contributed by atoms with E-state index in [0.29, 0.717) is 11.5 Å². The number of methoxy groups -OCH3 is 1. The van der Waals surface area contributed by atoms with Gasteiger partial charge in [0, 0.05) is 32.1 Å². The van der Waals surface area contributed by atoms with Gasteiger partial charge in [0.25, 0.3) is 0 Å². The third-order valence-corrected chi connectivity index (χ3v) is 4.63. The standard InChI is InChI=1S/C18H18ClFN2O4/c1-25-14-4-2-3-5-15(14)26-18(17(23)24)6-8-22(9-7-18)16-13(20)10-12(19)11-21-16/h2-5,10-11H,6-9H2,1H3,(H,23,24). The molecule has 0 aliphatic carbocycles. The highest BCUT2D eigenvalue weighted by atomic mass is 35.5. The number of piperidine rings is 1. The maximum atomic E-state index is 14.1. The Kier molecular flexibility index (Phi) is 5.18. The molecule has 1 aromatic heterocycles. The van der Waals surface area contributed by atoms with Crippen LogP contribution in [0.15, 0.2) is 36.5 Å². The van der Waals surface area contributed by atoms with Gasteiger partial charge in [-0.25, -0.2) is 14.2 Å². The summed E-state index contributed by atoms with van der Waals surface area (Å²) in [6.45, 7) is 0.569. The van der Waals surface area contributed by atoms with Gasteiger partial charge in [0.2, 0.25) is 5.60 Å². The molecule has 0 spiro atoms. The fourth-order valence-corrected chi connectivity index (χ4v) is 3.14. The molecule has 3 rings (SSSR count). The van der Waals surface area contributed by atoms with Gasteiger partial charge in [-0.3, -0.25) is 0 Å². The second kappa shape index (κ2) is 7.37. The van der Waals surface area contributed by atoms with Crippen LogP contribution in [0.3, 0.4) is 0 Å². The summed E-state index contributed by atoms with van der Waals surface area (Å²) >= 11 is 5.73. The van der Waals surface area contributed by atoms with Crippen LogP contribution in [0.25, 0.3) is 0 Å². The van der Waals surface area contributed by atoms with E-state index in [4.69, 9.17) is 21.1 Å². The molecule has 138 valence electrons. The van der Waals surface area contributed by atoms with Gasteiger partial charge in [-0.1, -0.05) is 23.7 Å². The molecular formula is C18H18ClFN2O4. The summed E-state index contributed by atoms with van der Waals surface area (Å²) in [6, 6.07) is 8.07. The molecule has 0 radical (unpaired) electrons. The average molecular weight is 381 g/mol. The molecule has 1 fully saturated rings. The first kappa shape index (κ1) is 18.3. The van der Waals surface area contributed by atoms with Crippen molar-refractivity contribution in [2.75, 3.05) is 25.1 Å². The average Bonchev–Trinajstić information content (AvgIpc) is 2.63. The van der Waals surface area contributed by atoms with E-state index in [0.717, 1.165) is 0 Å². The van der Waals surface area contributed by atoms with Crippen molar-refractivity contribution in [1.29, 1.82) is 0 Å². The lowest BCUT2D eigenvalue weighted by Gasteiger charge is -2.39. The number of aromatic nitrogens is 1. The molecule has 0 atom stereocenters. The van der Waals surface area contributed by atoms with Crippen molar-refractivity contribution < 1.29 is 23.8 Å². The fraction of sp³-hybridized carbons (Fsp3) is 0.333. The second-order valence-electron chi connectivity index (χ2n) is 6.00. The van der Waals surface area contributed by atoms with E-state index in [9.17, 15) is 14.3 Å². The first-order valence-corrected chi connectivity index (χ1v) is 8.44. The minimum Gasteiger partial charge on any atom is -0.493 e. The number of carbonyl (C=O) groups is 1. The summed E-state index contributed by atoms with van der Waals surface area (Å²) in [6.07, 6.45) is 1.71. The van der Waals surface area contributed by atoms with Gasteiger partial charge in [0.1, 0.15) is 0 Å². The highest BCUT2D eigenvalue weighted by Crippen LogP contribution is 2.35. The largest absolute Gasteiger partial charge is 0.493 e. The third kappa shape index (κ3) is 3.53. The van der Waals surface area contributed by atoms with E-state index in [1.807, 2.05) is 0 Å². The van der Waals surface area contributed by atoms with Crippen LogP contribution in [0.5, 0.6) is 11.5 Å². The van der Waals surface area contributed by atoms with E-state index < -0.39 is 17.4 Å². The molecule has 1 aromatic carbocycles. The molecule has 0 bridgehead atoms. The van der Waals surface area contributed by atoms with Crippen molar-refractivity contribution >= 4 is 23.4 Å². The monoisotopic (exact) mass is 380 g/mol. The Morgan fingerprint density at radius 1 is 1.31 bits per heavy atom. The van der Waals surface area contributed by atoms with Crippen LogP contribution in [-0.2, 0) is 4.79 Å². The first-order valence-electron chi connectivity index (χ1n) is 8.06. The molecule has 2 heterocycles. The molecule has 26 heavy (non-hydrogen) atoms. The number of pyridine rings is 1. The number of benzene rings is 1. The number of nitrogens with zero attached hydrogens (tertiary/aromatic N) is 2. The predicted octanol–water partition coefficient (Wildman–Crippen LogP) is 3.39. The van der Waals surface area contributed by atoms with E-state index in [1.165, 1.54) is 19.4 Å². The van der Waals surface area contributed by atoms with Gasteiger partial charge in [-0.2, -0.15) is 0 Å². The van der Waals surface area contributed by atoms with Crippen LogP contribution in [0.2, 0.25) is 5.02 Å². The summed E-state index contributed by atoms with van der Waals surface area (Å²) in [7, 11) is 1.49. The topological polar surface area (TPSA) is 71.9 Å². The number of ether oxygens (including phenoxy) is 2. The molecule has 1 saturated heterocycles. The maximum Gasteiger partial charge on any atom is 0.348 e. The lowest BCUT2D eigenvalue weighted by molar-refractivity contribution is -0.157. The molecule has 1 aliphatic heterocycles. The van der Waals surface area contributed by atoms with E-state index in [-0.39, 0.29) is 36.8 Å². The zero-order valence-electron chi connectivity index (χ0n) is 14.1. The highest BCUT2D eigenvalue weighted by Gasteiger charge is 2.45. The van der Waals surface area contributed by atoms with Crippen molar-refractivity contribution in [2.24, 2.45) is 0 Å². The van der Waals surface area contributed by atoms with E-state index in [2.05, 4.69) is 4.98 Å². The Bertz CT molecular complexity index is 810. The Labute approximate surface area is 155 Å². The third-order valence-electron chi connectivity index (χ3n) is 4.42. The van der Waals surface area contributed by atoms with Gasteiger partial charge in [0.05, 0.1) is 12.1 Å². The number of halogens is 2. The van der Waals surface area contributed by atoms with Crippen molar-refractivity contribution in [3.8, 4) is 11.5 Å². The minimum atomic E-state index is -1.41. The number of rotatable bonds is 5. The highest BCUT2D eigenvalue weighted by molar-refractivity contribution is 6.30. The predicted molar refractivity (Wildman–Crippen MR) is 94.6 cm³/mol. The van der Waals surface area contributed by atoms with E-state index in [1.54, 1.807) is 29.2 Å². The van der Waals surface area contributed by atoms with Gasteiger partial charge in [0.15, 0.2) is 23.1 Å². The van der Waals surface area contributed by atoms with Gasteiger partial charge in [-0.05, 0) is 18.2 Å². The lowest BCUT2D eigenvalue weighted by atomic mass is 9.91. The zero-order valence-corrected chi connectivity index (χ0v) is 14.9. The summed E-state index contributed by atoms with van der Waals surface area (Å²) in [5.41, 5.74) is -1.41. The molecule has 1 aliphatic rings. The Balaban J connectivity index is 1.80. The fourth-order valence-electron chi connectivity index (χ4n) is 2.99.